The summed E-state index contributed by atoms with van der Waals surface area (Å²) in [7, 11) is 0. The molecular formula is C54H55BN2O. The third kappa shape index (κ3) is 4.27. The highest BCUT2D eigenvalue weighted by atomic mass is 16.3. The largest absolute Gasteiger partial charge is 0.456 e. The average molecular weight is 759 g/mol. The van der Waals surface area contributed by atoms with Crippen molar-refractivity contribution in [3.8, 4) is 11.1 Å². The van der Waals surface area contributed by atoms with E-state index in [1.54, 1.807) is 5.56 Å². The summed E-state index contributed by atoms with van der Waals surface area (Å²) in [5.41, 5.74) is 18.9. The maximum absolute atomic E-state index is 7.03. The maximum Gasteiger partial charge on any atom is 0.333 e. The summed E-state index contributed by atoms with van der Waals surface area (Å²) < 4.78 is 7.03. The van der Waals surface area contributed by atoms with E-state index in [9.17, 15) is 0 Å². The van der Waals surface area contributed by atoms with Gasteiger partial charge >= 0.3 is 6.85 Å². The topological polar surface area (TPSA) is 19.6 Å². The highest BCUT2D eigenvalue weighted by molar-refractivity contribution is 6.94. The van der Waals surface area contributed by atoms with E-state index in [2.05, 4.69) is 169 Å². The Bertz CT molecular complexity index is 2950. The number of furan rings is 1. The van der Waals surface area contributed by atoms with Gasteiger partial charge in [-0.25, -0.2) is 0 Å². The van der Waals surface area contributed by atoms with Crippen LogP contribution in [0.1, 0.15) is 123 Å². The van der Waals surface area contributed by atoms with Crippen LogP contribution >= 0.6 is 0 Å². The van der Waals surface area contributed by atoms with Gasteiger partial charge in [-0.3, -0.25) is 0 Å². The molecule has 0 spiro atoms. The van der Waals surface area contributed by atoms with Crippen LogP contribution in [0.5, 0.6) is 0 Å². The molecule has 4 heterocycles. The number of fused-ring (bicyclic) bond motifs is 13. The molecule has 290 valence electrons. The number of rotatable bonds is 1. The molecule has 0 bridgehead atoms. The van der Waals surface area contributed by atoms with Crippen molar-refractivity contribution in [1.82, 2.24) is 0 Å². The smallest absolute Gasteiger partial charge is 0.333 e. The number of benzene rings is 6. The molecule has 1 saturated carbocycles. The average Bonchev–Trinajstić information content (AvgIpc) is 3.65. The molecule has 7 aromatic rings. The first kappa shape index (κ1) is 35.0. The molecule has 0 amide bonds. The van der Waals surface area contributed by atoms with Crippen LogP contribution in [0.4, 0.5) is 22.7 Å². The van der Waals surface area contributed by atoms with Gasteiger partial charge in [0.25, 0.3) is 0 Å². The molecule has 3 aliphatic heterocycles. The summed E-state index contributed by atoms with van der Waals surface area (Å²) in [6, 6.07) is 38.0. The zero-order chi connectivity index (χ0) is 39.9. The molecule has 58 heavy (non-hydrogen) atoms. The molecule has 5 aliphatic rings. The zero-order valence-corrected chi connectivity index (χ0v) is 35.9. The van der Waals surface area contributed by atoms with Gasteiger partial charge in [-0.05, 0) is 129 Å². The molecule has 6 aromatic carbocycles. The van der Waals surface area contributed by atoms with Gasteiger partial charge in [-0.15, -0.1) is 0 Å². The second-order valence-electron chi connectivity index (χ2n) is 21.5. The Labute approximate surface area is 344 Å². The van der Waals surface area contributed by atoms with E-state index in [1.807, 2.05) is 0 Å². The van der Waals surface area contributed by atoms with Gasteiger partial charge in [0.2, 0.25) is 0 Å². The van der Waals surface area contributed by atoms with Crippen LogP contribution in [0.25, 0.3) is 43.8 Å². The fourth-order valence-corrected chi connectivity index (χ4v) is 12.7. The minimum Gasteiger partial charge on any atom is -0.456 e. The summed E-state index contributed by atoms with van der Waals surface area (Å²) in [4.78, 5) is 5.59. The molecule has 0 radical (unpaired) electrons. The van der Waals surface area contributed by atoms with Crippen molar-refractivity contribution < 1.29 is 4.42 Å². The van der Waals surface area contributed by atoms with Crippen molar-refractivity contribution >= 4 is 73.2 Å². The van der Waals surface area contributed by atoms with Crippen molar-refractivity contribution in [2.45, 2.75) is 128 Å². The molecule has 0 N–H and O–H groups in total. The maximum atomic E-state index is 7.03. The van der Waals surface area contributed by atoms with Crippen LogP contribution in [0.2, 0.25) is 0 Å². The molecule has 12 rings (SSSR count). The standard InChI is InChI=1S/C54H55BN2O/c1-50(2,3)33-26-42-49-43(27-33)55-47-39(25-32-17-13-14-20-35(32)48(47)56(49)54(9)22-16-15-21-53(42,54)8)36-28-37-38-29-40-41(52(6,7)24-23-51(40,4)5)30-45(38)58-46(37)31-44(36)57(55)34-18-11-10-12-19-34/h10-14,17-20,25-31H,15-16,21-24H2,1-9H3. The molecule has 2 aliphatic carbocycles. The van der Waals surface area contributed by atoms with Gasteiger partial charge in [-0.2, -0.15) is 0 Å². The van der Waals surface area contributed by atoms with Gasteiger partial charge in [0.1, 0.15) is 11.2 Å². The molecule has 1 fully saturated rings. The van der Waals surface area contributed by atoms with Gasteiger partial charge in [0.05, 0.1) is 5.54 Å². The molecule has 4 heteroatoms. The highest BCUT2D eigenvalue weighted by Crippen LogP contribution is 2.63. The Hall–Kier alpha value is -4.96. The van der Waals surface area contributed by atoms with E-state index >= 15 is 0 Å². The normalized spacial score (nSPS) is 23.5. The van der Waals surface area contributed by atoms with Gasteiger partial charge in [-0.1, -0.05) is 123 Å². The number of anilines is 4. The van der Waals surface area contributed by atoms with Crippen molar-refractivity contribution in [2.75, 3.05) is 9.71 Å². The number of hydrogen-bond acceptors (Lipinski definition) is 3. The van der Waals surface area contributed by atoms with Crippen LogP contribution in [0, 0.1) is 0 Å². The lowest BCUT2D eigenvalue weighted by atomic mass is 9.43. The fourth-order valence-electron chi connectivity index (χ4n) is 12.7. The summed E-state index contributed by atoms with van der Waals surface area (Å²) >= 11 is 0. The molecular weight excluding hydrogens is 703 g/mol. The van der Waals surface area contributed by atoms with Crippen LogP contribution in [0.3, 0.4) is 0 Å². The zero-order valence-electron chi connectivity index (χ0n) is 35.9. The lowest BCUT2D eigenvalue weighted by Crippen LogP contribution is -2.64. The predicted octanol–water partition coefficient (Wildman–Crippen LogP) is 13.4. The Morgan fingerprint density at radius 2 is 1.28 bits per heavy atom. The quantitative estimate of drug-likeness (QED) is 0.155. The SMILES string of the molecule is CC(C)(C)c1cc2c3c(c1)C1(C)CCCCC1(C)N3c1c3c(cc4ccccc14)-c1cc4c(cc1N(c1ccccc1)B23)oc1cc2c(cc14)C(C)(C)CCC2(C)C. The van der Waals surface area contributed by atoms with E-state index in [0.717, 1.165) is 11.2 Å². The summed E-state index contributed by atoms with van der Waals surface area (Å²) in [5, 5.41) is 5.13. The molecule has 0 saturated heterocycles. The van der Waals surface area contributed by atoms with Gasteiger partial charge in [0, 0.05) is 56.0 Å². The molecule has 2 unspecified atom stereocenters. The second kappa shape index (κ2) is 11.0. The first-order chi connectivity index (χ1) is 27.6. The summed E-state index contributed by atoms with van der Waals surface area (Å²) in [5.74, 6) is 0. The number of nitrogens with zero attached hydrogens (tertiary/aromatic N) is 2. The predicted molar refractivity (Wildman–Crippen MR) is 247 cm³/mol. The Kier molecular flexibility index (Phi) is 6.64. The Morgan fingerprint density at radius 3 is 2.03 bits per heavy atom. The van der Waals surface area contributed by atoms with Crippen molar-refractivity contribution in [3.05, 3.63) is 119 Å². The molecule has 1 aromatic heterocycles. The van der Waals surface area contributed by atoms with Crippen molar-refractivity contribution in [1.29, 1.82) is 0 Å². The van der Waals surface area contributed by atoms with Crippen LogP contribution in [0.15, 0.2) is 101 Å². The van der Waals surface area contributed by atoms with E-state index < -0.39 is 0 Å². The third-order valence-corrected chi connectivity index (χ3v) is 16.4. The summed E-state index contributed by atoms with van der Waals surface area (Å²) in [6.45, 7) is 22.1. The molecule has 2 atom stereocenters. The van der Waals surface area contributed by atoms with Crippen LogP contribution in [-0.4, -0.2) is 12.4 Å². The number of para-hydroxylation sites is 1. The fraction of sp³-hybridized carbons (Fsp3) is 0.370. The minimum atomic E-state index is -0.0516. The Balaban J connectivity index is 1.24. The van der Waals surface area contributed by atoms with E-state index in [0.29, 0.717) is 0 Å². The lowest BCUT2D eigenvalue weighted by molar-refractivity contribution is 0.195. The van der Waals surface area contributed by atoms with E-state index in [4.69, 9.17) is 4.42 Å². The Morgan fingerprint density at radius 1 is 0.603 bits per heavy atom. The van der Waals surface area contributed by atoms with Gasteiger partial charge in [0.15, 0.2) is 0 Å². The number of hydrogen-bond donors (Lipinski definition) is 0. The van der Waals surface area contributed by atoms with E-state index in [1.165, 1.54) is 122 Å². The third-order valence-electron chi connectivity index (χ3n) is 16.4. The highest BCUT2D eigenvalue weighted by Gasteiger charge is 2.62. The first-order valence-corrected chi connectivity index (χ1v) is 22.1. The monoisotopic (exact) mass is 758 g/mol. The summed E-state index contributed by atoms with van der Waals surface area (Å²) in [6.07, 6.45) is 7.30. The van der Waals surface area contributed by atoms with Crippen LogP contribution < -0.4 is 20.6 Å². The van der Waals surface area contributed by atoms with Crippen molar-refractivity contribution in [3.63, 3.8) is 0 Å². The minimum absolute atomic E-state index is 0.000241. The van der Waals surface area contributed by atoms with E-state index in [-0.39, 0.29) is 34.0 Å². The van der Waals surface area contributed by atoms with Crippen molar-refractivity contribution in [2.24, 2.45) is 0 Å². The van der Waals surface area contributed by atoms with Crippen LogP contribution in [-0.2, 0) is 21.7 Å². The first-order valence-electron chi connectivity index (χ1n) is 22.1. The molecule has 3 nitrogen and oxygen atoms in total. The second-order valence-corrected chi connectivity index (χ2v) is 21.5. The van der Waals surface area contributed by atoms with Gasteiger partial charge < -0.3 is 14.1 Å². The lowest BCUT2D eigenvalue weighted by Gasteiger charge is -2.53.